The highest BCUT2D eigenvalue weighted by Gasteiger charge is 2.35. The van der Waals surface area contributed by atoms with E-state index < -0.39 is 0 Å². The molecule has 2 aliphatic rings. The van der Waals surface area contributed by atoms with E-state index in [0.717, 1.165) is 35.3 Å². The first-order valence-electron chi connectivity index (χ1n) is 10.9. The number of nitrogens with one attached hydrogen (secondary N) is 1. The number of fused-ring (bicyclic) bond motifs is 1. The third-order valence-corrected chi connectivity index (χ3v) is 6.26. The molecule has 2 fully saturated rings. The number of anilines is 2. The summed E-state index contributed by atoms with van der Waals surface area (Å²) in [5.41, 5.74) is 1.93. The SMILES string of the molecule is O=C(Nc1ccc(N2CCCCC2)c2ccncc12)C1CC(=O)N(Cc2ccco2)C1. The molecular weight excluding hydrogens is 392 g/mol. The number of hydrogen-bond donors (Lipinski definition) is 1. The average Bonchev–Trinajstić information content (AvgIpc) is 3.45. The van der Waals surface area contributed by atoms with Crippen molar-refractivity contribution in [3.8, 4) is 0 Å². The maximum Gasteiger partial charge on any atom is 0.229 e. The van der Waals surface area contributed by atoms with Gasteiger partial charge in [-0.1, -0.05) is 0 Å². The standard InChI is InChI=1S/C24H26N4O3/c29-23-13-17(15-28(23)16-18-5-4-12-31-18)24(30)26-21-6-7-22(27-10-2-1-3-11-27)19-8-9-25-14-20(19)21/h4-9,12,14,17H,1-3,10-11,13,15-16H2,(H,26,30). The highest BCUT2D eigenvalue weighted by atomic mass is 16.3. The van der Waals surface area contributed by atoms with Gasteiger partial charge < -0.3 is 19.5 Å². The third-order valence-electron chi connectivity index (χ3n) is 6.26. The minimum Gasteiger partial charge on any atom is -0.467 e. The summed E-state index contributed by atoms with van der Waals surface area (Å²) in [7, 11) is 0. The lowest BCUT2D eigenvalue weighted by molar-refractivity contribution is -0.128. The number of nitrogens with zero attached hydrogens (tertiary/aromatic N) is 3. The van der Waals surface area contributed by atoms with Crippen LogP contribution in [0.5, 0.6) is 0 Å². The second-order valence-electron chi connectivity index (χ2n) is 8.35. The summed E-state index contributed by atoms with van der Waals surface area (Å²) < 4.78 is 5.34. The first-order valence-corrected chi connectivity index (χ1v) is 10.9. The van der Waals surface area contributed by atoms with Crippen LogP contribution in [-0.2, 0) is 16.1 Å². The van der Waals surface area contributed by atoms with Gasteiger partial charge in [-0.3, -0.25) is 14.6 Å². The molecule has 1 N–H and O–H groups in total. The van der Waals surface area contributed by atoms with Crippen LogP contribution in [0.25, 0.3) is 10.8 Å². The molecule has 3 aromatic rings. The van der Waals surface area contributed by atoms with Gasteiger partial charge in [0.2, 0.25) is 11.8 Å². The van der Waals surface area contributed by atoms with Crippen LogP contribution >= 0.6 is 0 Å². The Morgan fingerprint density at radius 2 is 2.00 bits per heavy atom. The number of rotatable bonds is 5. The lowest BCUT2D eigenvalue weighted by Crippen LogP contribution is -2.29. The predicted molar refractivity (Wildman–Crippen MR) is 119 cm³/mol. The van der Waals surface area contributed by atoms with Crippen LogP contribution in [0.1, 0.15) is 31.4 Å². The van der Waals surface area contributed by atoms with Crippen molar-refractivity contribution in [1.82, 2.24) is 9.88 Å². The van der Waals surface area contributed by atoms with Crippen molar-refractivity contribution >= 4 is 34.0 Å². The number of carbonyl (C=O) groups is 2. The smallest absolute Gasteiger partial charge is 0.229 e. The Labute approximate surface area is 181 Å². The Balaban J connectivity index is 1.33. The Bertz CT molecular complexity index is 1090. The van der Waals surface area contributed by atoms with Crippen LogP contribution < -0.4 is 10.2 Å². The molecule has 0 bridgehead atoms. The fourth-order valence-corrected chi connectivity index (χ4v) is 4.62. The van der Waals surface area contributed by atoms with Crippen LogP contribution in [-0.4, -0.2) is 41.3 Å². The number of likely N-dealkylation sites (tertiary alicyclic amines) is 1. The second-order valence-corrected chi connectivity index (χ2v) is 8.35. The zero-order valence-electron chi connectivity index (χ0n) is 17.4. The van der Waals surface area contributed by atoms with E-state index in [-0.39, 0.29) is 24.2 Å². The van der Waals surface area contributed by atoms with Crippen molar-refractivity contribution in [2.75, 3.05) is 29.9 Å². The molecule has 160 valence electrons. The van der Waals surface area contributed by atoms with Crippen LogP contribution in [0.15, 0.2) is 53.4 Å². The lowest BCUT2D eigenvalue weighted by atomic mass is 10.0. The molecule has 1 unspecified atom stereocenters. The molecule has 0 saturated carbocycles. The van der Waals surface area contributed by atoms with Gasteiger partial charge in [-0.25, -0.2) is 0 Å². The van der Waals surface area contributed by atoms with E-state index in [0.29, 0.717) is 13.1 Å². The van der Waals surface area contributed by atoms with Crippen molar-refractivity contribution in [1.29, 1.82) is 0 Å². The Morgan fingerprint density at radius 1 is 1.13 bits per heavy atom. The van der Waals surface area contributed by atoms with Gasteiger partial charge in [0.15, 0.2) is 0 Å². The zero-order chi connectivity index (χ0) is 21.2. The summed E-state index contributed by atoms with van der Waals surface area (Å²) in [5, 5.41) is 5.08. The highest BCUT2D eigenvalue weighted by Crippen LogP contribution is 2.34. The lowest BCUT2D eigenvalue weighted by Gasteiger charge is -2.30. The molecule has 5 rings (SSSR count). The van der Waals surface area contributed by atoms with E-state index in [1.807, 2.05) is 18.2 Å². The van der Waals surface area contributed by atoms with Gasteiger partial charge in [0.25, 0.3) is 0 Å². The van der Waals surface area contributed by atoms with Crippen LogP contribution in [0.2, 0.25) is 0 Å². The minimum absolute atomic E-state index is 0.0245. The first-order chi connectivity index (χ1) is 15.2. The molecule has 2 aliphatic heterocycles. The van der Waals surface area contributed by atoms with Crippen molar-refractivity contribution in [3.05, 3.63) is 54.7 Å². The maximum atomic E-state index is 13.0. The Hall–Kier alpha value is -3.35. The molecule has 0 radical (unpaired) electrons. The molecule has 7 nitrogen and oxygen atoms in total. The average molecular weight is 418 g/mol. The molecule has 2 saturated heterocycles. The van der Waals surface area contributed by atoms with Crippen molar-refractivity contribution < 1.29 is 14.0 Å². The largest absolute Gasteiger partial charge is 0.467 e. The van der Waals surface area contributed by atoms with Gasteiger partial charge in [0.05, 0.1) is 24.4 Å². The maximum absolute atomic E-state index is 13.0. The molecule has 2 amide bonds. The molecule has 2 aromatic heterocycles. The van der Waals surface area contributed by atoms with E-state index in [1.54, 1.807) is 29.6 Å². The Kier molecular flexibility index (Phi) is 5.32. The number of furan rings is 1. The van der Waals surface area contributed by atoms with Crippen molar-refractivity contribution in [3.63, 3.8) is 0 Å². The van der Waals surface area contributed by atoms with Gasteiger partial charge >= 0.3 is 0 Å². The summed E-state index contributed by atoms with van der Waals surface area (Å²) in [5.74, 6) is 0.186. The third kappa shape index (κ3) is 4.00. The highest BCUT2D eigenvalue weighted by molar-refractivity contribution is 6.07. The monoisotopic (exact) mass is 418 g/mol. The van der Waals surface area contributed by atoms with E-state index in [9.17, 15) is 9.59 Å². The first kappa shape index (κ1) is 19.6. The minimum atomic E-state index is -0.379. The summed E-state index contributed by atoms with van der Waals surface area (Å²) in [4.78, 5) is 33.8. The van der Waals surface area contributed by atoms with E-state index >= 15 is 0 Å². The molecule has 1 atom stereocenters. The summed E-state index contributed by atoms with van der Waals surface area (Å²) in [6.07, 6.45) is 9.10. The van der Waals surface area contributed by atoms with Gasteiger partial charge in [0.1, 0.15) is 5.76 Å². The number of benzene rings is 1. The van der Waals surface area contributed by atoms with Crippen LogP contribution in [0.3, 0.4) is 0 Å². The van der Waals surface area contributed by atoms with Gasteiger partial charge in [-0.15, -0.1) is 0 Å². The van der Waals surface area contributed by atoms with Gasteiger partial charge in [-0.05, 0) is 49.6 Å². The topological polar surface area (TPSA) is 78.7 Å². The number of hydrogen-bond acceptors (Lipinski definition) is 5. The summed E-state index contributed by atoms with van der Waals surface area (Å²) >= 11 is 0. The van der Waals surface area contributed by atoms with Gasteiger partial charge in [-0.2, -0.15) is 0 Å². The predicted octanol–water partition coefficient (Wildman–Crippen LogP) is 3.81. The Morgan fingerprint density at radius 3 is 2.81 bits per heavy atom. The molecule has 31 heavy (non-hydrogen) atoms. The normalized spacial score (nSPS) is 19.2. The molecule has 0 aliphatic carbocycles. The van der Waals surface area contributed by atoms with Gasteiger partial charge in [0, 0.05) is 54.9 Å². The fourth-order valence-electron chi connectivity index (χ4n) is 4.62. The molecule has 7 heteroatoms. The molecular formula is C24H26N4O3. The van der Waals surface area contributed by atoms with E-state index in [1.165, 1.54) is 24.9 Å². The number of pyridine rings is 1. The molecule has 0 spiro atoms. The zero-order valence-corrected chi connectivity index (χ0v) is 17.4. The van der Waals surface area contributed by atoms with Crippen molar-refractivity contribution in [2.24, 2.45) is 5.92 Å². The molecule has 4 heterocycles. The van der Waals surface area contributed by atoms with E-state index in [2.05, 4.69) is 21.3 Å². The number of aromatic nitrogens is 1. The number of amides is 2. The quantitative estimate of drug-likeness (QED) is 0.682. The van der Waals surface area contributed by atoms with Crippen LogP contribution in [0, 0.1) is 5.92 Å². The summed E-state index contributed by atoms with van der Waals surface area (Å²) in [6, 6.07) is 9.70. The van der Waals surface area contributed by atoms with Crippen molar-refractivity contribution in [2.45, 2.75) is 32.2 Å². The number of piperidine rings is 1. The van der Waals surface area contributed by atoms with Crippen LogP contribution in [0.4, 0.5) is 11.4 Å². The summed E-state index contributed by atoms with van der Waals surface area (Å²) in [6.45, 7) is 2.90. The second kappa shape index (κ2) is 8.41. The fraction of sp³-hybridized carbons (Fsp3) is 0.375. The number of carbonyl (C=O) groups excluding carboxylic acids is 2. The van der Waals surface area contributed by atoms with E-state index in [4.69, 9.17) is 4.42 Å². The molecule has 1 aromatic carbocycles.